The SMILES string of the molecule is CC(c1nnn(-c2cccc(Cl)c2)n1)N1CCCn2c(-c3cn[nH]c(=O)c3)nnc21. The van der Waals surface area contributed by atoms with Crippen molar-refractivity contribution in [2.24, 2.45) is 0 Å². The molecule has 5 rings (SSSR count). The third-order valence-electron chi connectivity index (χ3n) is 5.00. The Morgan fingerprint density at radius 1 is 1.17 bits per heavy atom. The number of nitrogens with one attached hydrogen (secondary N) is 1. The quantitative estimate of drug-likeness (QED) is 0.524. The van der Waals surface area contributed by atoms with Crippen molar-refractivity contribution in [2.75, 3.05) is 11.4 Å². The Hall–Kier alpha value is -3.60. The van der Waals surface area contributed by atoms with Gasteiger partial charge in [-0.05, 0) is 36.8 Å². The first-order valence-electron chi connectivity index (χ1n) is 9.41. The van der Waals surface area contributed by atoms with Crippen LogP contribution in [-0.2, 0) is 6.54 Å². The van der Waals surface area contributed by atoms with Gasteiger partial charge < -0.3 is 4.90 Å². The van der Waals surface area contributed by atoms with Gasteiger partial charge in [0.2, 0.25) is 5.95 Å². The third kappa shape index (κ3) is 3.22. The van der Waals surface area contributed by atoms with Gasteiger partial charge in [-0.15, -0.1) is 25.2 Å². The number of halogens is 1. The van der Waals surface area contributed by atoms with Gasteiger partial charge in [0.15, 0.2) is 11.6 Å². The van der Waals surface area contributed by atoms with E-state index in [0.717, 1.165) is 25.2 Å². The minimum Gasteiger partial charge on any atom is -0.331 e. The molecule has 0 saturated carbocycles. The van der Waals surface area contributed by atoms with E-state index < -0.39 is 0 Å². The molecule has 0 bridgehead atoms. The number of nitrogens with zero attached hydrogens (tertiary/aromatic N) is 9. The summed E-state index contributed by atoms with van der Waals surface area (Å²) in [6.45, 7) is 3.52. The number of anilines is 1. The molecule has 30 heavy (non-hydrogen) atoms. The van der Waals surface area contributed by atoms with Crippen LogP contribution in [0.5, 0.6) is 0 Å². The van der Waals surface area contributed by atoms with E-state index in [1.54, 1.807) is 18.3 Å². The molecule has 0 aliphatic carbocycles. The summed E-state index contributed by atoms with van der Waals surface area (Å²) in [5, 5.41) is 28.4. The molecular weight excluding hydrogens is 408 g/mol. The topological polar surface area (TPSA) is 123 Å². The molecular formula is C18H17ClN10O. The number of hydrogen-bond acceptors (Lipinski definition) is 8. The Labute approximate surface area is 175 Å². The van der Waals surface area contributed by atoms with E-state index in [1.807, 2.05) is 23.6 Å². The maximum Gasteiger partial charge on any atom is 0.264 e. The van der Waals surface area contributed by atoms with E-state index in [0.29, 0.717) is 28.2 Å². The molecule has 0 saturated heterocycles. The molecule has 4 aromatic rings. The summed E-state index contributed by atoms with van der Waals surface area (Å²) >= 11 is 6.06. The lowest BCUT2D eigenvalue weighted by atomic mass is 10.2. The van der Waals surface area contributed by atoms with Gasteiger partial charge in [-0.2, -0.15) is 5.10 Å². The summed E-state index contributed by atoms with van der Waals surface area (Å²) in [5.41, 5.74) is 1.07. The lowest BCUT2D eigenvalue weighted by Crippen LogP contribution is -2.35. The summed E-state index contributed by atoms with van der Waals surface area (Å²) in [4.78, 5) is 15.2. The van der Waals surface area contributed by atoms with Gasteiger partial charge in [-0.1, -0.05) is 17.7 Å². The lowest BCUT2D eigenvalue weighted by Gasteiger charge is -2.32. The van der Waals surface area contributed by atoms with Crippen LogP contribution in [0.1, 0.15) is 25.2 Å². The molecule has 1 atom stereocenters. The van der Waals surface area contributed by atoms with Crippen molar-refractivity contribution in [3.8, 4) is 17.1 Å². The van der Waals surface area contributed by atoms with Crippen LogP contribution in [0.15, 0.2) is 41.3 Å². The highest BCUT2D eigenvalue weighted by Gasteiger charge is 2.29. The fraction of sp³-hybridized carbons (Fsp3) is 0.278. The van der Waals surface area contributed by atoms with Crippen molar-refractivity contribution in [3.63, 3.8) is 0 Å². The molecule has 3 aromatic heterocycles. The number of tetrazole rings is 1. The van der Waals surface area contributed by atoms with Crippen LogP contribution < -0.4 is 10.5 Å². The normalized spacial score (nSPS) is 14.5. The smallest absolute Gasteiger partial charge is 0.264 e. The number of fused-ring (bicyclic) bond motifs is 1. The number of hydrogen-bond donors (Lipinski definition) is 1. The first kappa shape index (κ1) is 18.4. The van der Waals surface area contributed by atoms with Gasteiger partial charge in [0.1, 0.15) is 0 Å². The lowest BCUT2D eigenvalue weighted by molar-refractivity contribution is 0.510. The van der Waals surface area contributed by atoms with Crippen LogP contribution in [0.2, 0.25) is 5.02 Å². The average molecular weight is 425 g/mol. The number of aromatic amines is 1. The van der Waals surface area contributed by atoms with E-state index in [1.165, 1.54) is 10.9 Å². The second kappa shape index (κ2) is 7.34. The fourth-order valence-electron chi connectivity index (χ4n) is 3.53. The van der Waals surface area contributed by atoms with E-state index in [9.17, 15) is 4.79 Å². The van der Waals surface area contributed by atoms with Crippen molar-refractivity contribution in [3.05, 3.63) is 57.7 Å². The van der Waals surface area contributed by atoms with Crippen LogP contribution >= 0.6 is 11.6 Å². The van der Waals surface area contributed by atoms with Gasteiger partial charge in [0, 0.05) is 29.7 Å². The largest absolute Gasteiger partial charge is 0.331 e. The highest BCUT2D eigenvalue weighted by Crippen LogP contribution is 2.30. The van der Waals surface area contributed by atoms with Gasteiger partial charge in [-0.25, -0.2) is 5.10 Å². The number of H-pyrrole nitrogens is 1. The molecule has 1 aliphatic rings. The highest BCUT2D eigenvalue weighted by molar-refractivity contribution is 6.30. The molecule has 11 nitrogen and oxygen atoms in total. The van der Waals surface area contributed by atoms with Crippen molar-refractivity contribution in [1.82, 2.24) is 45.2 Å². The maximum absolute atomic E-state index is 11.6. The summed E-state index contributed by atoms with van der Waals surface area (Å²) < 4.78 is 1.98. The van der Waals surface area contributed by atoms with Gasteiger partial charge >= 0.3 is 0 Å². The molecule has 152 valence electrons. The molecule has 0 radical (unpaired) electrons. The third-order valence-corrected chi connectivity index (χ3v) is 5.24. The van der Waals surface area contributed by atoms with E-state index in [4.69, 9.17) is 11.6 Å². The Bertz CT molecular complexity index is 1260. The monoisotopic (exact) mass is 424 g/mol. The zero-order chi connectivity index (χ0) is 20.7. The maximum atomic E-state index is 11.6. The molecule has 1 N–H and O–H groups in total. The summed E-state index contributed by atoms with van der Waals surface area (Å²) in [6, 6.07) is 8.55. The van der Waals surface area contributed by atoms with Crippen LogP contribution in [0, 0.1) is 0 Å². The zero-order valence-corrected chi connectivity index (χ0v) is 16.7. The van der Waals surface area contributed by atoms with Gasteiger partial charge in [-0.3, -0.25) is 9.36 Å². The Morgan fingerprint density at radius 2 is 2.07 bits per heavy atom. The van der Waals surface area contributed by atoms with E-state index in [-0.39, 0.29) is 11.6 Å². The predicted octanol–water partition coefficient (Wildman–Crippen LogP) is 1.63. The van der Waals surface area contributed by atoms with E-state index >= 15 is 0 Å². The number of aromatic nitrogens is 9. The molecule has 0 spiro atoms. The van der Waals surface area contributed by atoms with Crippen LogP contribution in [0.4, 0.5) is 5.95 Å². The second-order valence-corrected chi connectivity index (χ2v) is 7.39. The standard InChI is InChI=1S/C18H17ClN10O/c1-11(16-22-26-29(25-16)14-5-2-4-13(19)9-14)27-6-3-7-28-17(23-24-18(27)28)12-8-15(30)21-20-10-12/h2,4-5,8-11H,3,6-7H2,1H3,(H,21,30). The van der Waals surface area contributed by atoms with Gasteiger partial charge in [0.25, 0.3) is 5.56 Å². The molecule has 4 heterocycles. The van der Waals surface area contributed by atoms with Crippen LogP contribution in [0.3, 0.4) is 0 Å². The van der Waals surface area contributed by atoms with Crippen molar-refractivity contribution >= 4 is 17.5 Å². The van der Waals surface area contributed by atoms with Crippen molar-refractivity contribution in [1.29, 1.82) is 0 Å². The minimum absolute atomic E-state index is 0.175. The molecule has 1 aliphatic heterocycles. The first-order chi connectivity index (χ1) is 14.6. The number of rotatable bonds is 4. The Balaban J connectivity index is 1.46. The predicted molar refractivity (Wildman–Crippen MR) is 108 cm³/mol. The Morgan fingerprint density at radius 3 is 2.90 bits per heavy atom. The van der Waals surface area contributed by atoms with Crippen LogP contribution in [0.25, 0.3) is 17.1 Å². The molecule has 1 aromatic carbocycles. The Kier molecular flexibility index (Phi) is 4.51. The zero-order valence-electron chi connectivity index (χ0n) is 16.0. The second-order valence-electron chi connectivity index (χ2n) is 6.95. The molecule has 1 unspecified atom stereocenters. The summed E-state index contributed by atoms with van der Waals surface area (Å²) in [6.07, 6.45) is 2.46. The minimum atomic E-state index is -0.285. The fourth-order valence-corrected chi connectivity index (χ4v) is 3.72. The molecule has 12 heteroatoms. The summed E-state index contributed by atoms with van der Waals surface area (Å²) in [5.74, 6) is 1.87. The average Bonchev–Trinajstić information content (AvgIpc) is 3.41. The van der Waals surface area contributed by atoms with Crippen molar-refractivity contribution < 1.29 is 0 Å². The molecule has 0 fully saturated rings. The first-order valence-corrected chi connectivity index (χ1v) is 9.79. The van der Waals surface area contributed by atoms with Crippen LogP contribution in [-0.4, -0.2) is 51.7 Å². The summed E-state index contributed by atoms with van der Waals surface area (Å²) in [7, 11) is 0. The highest BCUT2D eigenvalue weighted by atomic mass is 35.5. The molecule has 0 amide bonds. The number of benzene rings is 1. The van der Waals surface area contributed by atoms with Gasteiger partial charge in [0.05, 0.1) is 17.9 Å². The van der Waals surface area contributed by atoms with Crippen molar-refractivity contribution in [2.45, 2.75) is 25.9 Å². The van der Waals surface area contributed by atoms with E-state index in [2.05, 4.69) is 40.7 Å².